The van der Waals surface area contributed by atoms with Gasteiger partial charge in [0.05, 0.1) is 0 Å². The Morgan fingerprint density at radius 3 is 1.93 bits per heavy atom. The summed E-state index contributed by atoms with van der Waals surface area (Å²) in [6.07, 6.45) is -1.49. The fraction of sp³-hybridized carbons (Fsp3) is 0.455. The lowest BCUT2D eigenvalue weighted by atomic mass is 10.2. The van der Waals surface area contributed by atoms with Crippen LogP contribution in [0.3, 0.4) is 0 Å². The maximum atomic E-state index is 11.8. The third-order valence-corrected chi connectivity index (χ3v) is 1.15. The molecule has 0 rings (SSSR count). The molecule has 0 aliphatic rings. The summed E-state index contributed by atoms with van der Waals surface area (Å²) in [5.74, 6) is 0. The Balaban J connectivity index is 0. The molecule has 0 amide bonds. The molecule has 82 valence electrons. The summed E-state index contributed by atoms with van der Waals surface area (Å²) in [6, 6.07) is 0. The fourth-order valence-electron chi connectivity index (χ4n) is 0.497. The highest BCUT2D eigenvalue weighted by Crippen LogP contribution is 2.24. The molecule has 0 saturated carbocycles. The smallest absolute Gasteiger partial charge is 0.166 e. The topological polar surface area (TPSA) is 0 Å². The molecule has 0 unspecified atom stereocenters. The zero-order valence-electron chi connectivity index (χ0n) is 8.91. The minimum Gasteiger partial charge on any atom is -0.166 e. The first-order valence-electron chi connectivity index (χ1n) is 4.41. The van der Waals surface area contributed by atoms with Gasteiger partial charge in [-0.05, 0) is 13.3 Å². The van der Waals surface area contributed by atoms with E-state index in [-0.39, 0.29) is 0 Å². The fourth-order valence-corrected chi connectivity index (χ4v) is 0.497. The summed E-state index contributed by atoms with van der Waals surface area (Å²) < 4.78 is 35.4. The largest absolute Gasteiger partial charge is 0.415 e. The summed E-state index contributed by atoms with van der Waals surface area (Å²) in [6.45, 7) is 12.2. The van der Waals surface area contributed by atoms with Gasteiger partial charge in [-0.2, -0.15) is 13.2 Å². The van der Waals surface area contributed by atoms with Gasteiger partial charge in [0.2, 0.25) is 0 Å². The van der Waals surface area contributed by atoms with Crippen LogP contribution in [0.25, 0.3) is 0 Å². The average Bonchev–Trinajstić information content (AvgIpc) is 2.05. The lowest BCUT2D eigenvalue weighted by molar-refractivity contribution is -0.0878. The molecule has 0 bridgehead atoms. The van der Waals surface area contributed by atoms with Crippen molar-refractivity contribution < 1.29 is 13.2 Å². The summed E-state index contributed by atoms with van der Waals surface area (Å²) in [5, 5.41) is 0. The highest BCUT2D eigenvalue weighted by atomic mass is 19.4. The molecule has 0 aliphatic heterocycles. The molecule has 0 spiro atoms. The van der Waals surface area contributed by atoms with Crippen LogP contribution in [0.1, 0.15) is 27.2 Å². The Morgan fingerprint density at radius 2 is 1.64 bits per heavy atom. The van der Waals surface area contributed by atoms with Gasteiger partial charge in [-0.1, -0.05) is 44.7 Å². The van der Waals surface area contributed by atoms with E-state index in [1.807, 2.05) is 13.8 Å². The molecule has 0 aliphatic carbocycles. The van der Waals surface area contributed by atoms with Gasteiger partial charge < -0.3 is 0 Å². The van der Waals surface area contributed by atoms with Gasteiger partial charge in [-0.25, -0.2) is 0 Å². The summed E-state index contributed by atoms with van der Waals surface area (Å²) in [4.78, 5) is 0. The van der Waals surface area contributed by atoms with E-state index < -0.39 is 11.7 Å². The predicted octanol–water partition coefficient (Wildman–Crippen LogP) is 4.65. The van der Waals surface area contributed by atoms with Gasteiger partial charge in [0.1, 0.15) is 0 Å². The van der Waals surface area contributed by atoms with E-state index in [0.717, 1.165) is 11.6 Å². The molecule has 0 aromatic heterocycles. The second kappa shape index (κ2) is 7.42. The minimum atomic E-state index is -4.31. The van der Waals surface area contributed by atoms with Crippen LogP contribution in [0.4, 0.5) is 13.2 Å². The molecule has 0 aromatic carbocycles. The summed E-state index contributed by atoms with van der Waals surface area (Å²) in [5.41, 5.74) is -0.00928. The zero-order chi connectivity index (χ0) is 11.8. The van der Waals surface area contributed by atoms with Crippen molar-refractivity contribution in [1.29, 1.82) is 0 Å². The number of hydrogen-bond acceptors (Lipinski definition) is 0. The third kappa shape index (κ3) is 9.10. The van der Waals surface area contributed by atoms with E-state index in [1.165, 1.54) is 6.08 Å². The van der Waals surface area contributed by atoms with Gasteiger partial charge in [0.15, 0.2) is 0 Å². The van der Waals surface area contributed by atoms with Gasteiger partial charge >= 0.3 is 6.18 Å². The first-order chi connectivity index (χ1) is 6.34. The number of hydrogen-bond donors (Lipinski definition) is 0. The summed E-state index contributed by atoms with van der Waals surface area (Å²) in [7, 11) is 0. The molecule has 0 atom stereocenters. The first-order valence-corrected chi connectivity index (χ1v) is 4.41. The molecule has 0 heterocycles. The maximum absolute atomic E-state index is 11.8. The van der Waals surface area contributed by atoms with Crippen molar-refractivity contribution >= 4 is 0 Å². The van der Waals surface area contributed by atoms with Crippen LogP contribution in [0.15, 0.2) is 36.5 Å². The Hall–Kier alpha value is -0.990. The molecule has 0 fully saturated rings. The molecule has 0 N–H and O–H groups in total. The molecule has 3 heteroatoms. The first kappa shape index (κ1) is 15.5. The molecular formula is C11H17F3. The highest BCUT2D eigenvalue weighted by Gasteiger charge is 2.29. The van der Waals surface area contributed by atoms with Crippen LogP contribution < -0.4 is 0 Å². The molecular weight excluding hydrogens is 189 g/mol. The molecule has 0 aromatic rings. The van der Waals surface area contributed by atoms with Crippen LogP contribution in [-0.4, -0.2) is 6.18 Å². The summed E-state index contributed by atoms with van der Waals surface area (Å²) >= 11 is 0. The number of alkyl halides is 3. The molecule has 0 saturated heterocycles. The SMILES string of the molecule is C=C(C)C/C=C\C(=C)C(F)(F)F.CC. The van der Waals surface area contributed by atoms with E-state index in [1.54, 1.807) is 6.92 Å². The van der Waals surface area contributed by atoms with Gasteiger partial charge in [-0.3, -0.25) is 0 Å². The van der Waals surface area contributed by atoms with Gasteiger partial charge in [0.25, 0.3) is 0 Å². The Labute approximate surface area is 83.8 Å². The number of halogens is 3. The number of rotatable bonds is 3. The minimum absolute atomic E-state index is 0.453. The molecule has 14 heavy (non-hydrogen) atoms. The van der Waals surface area contributed by atoms with Crippen LogP contribution in [0.2, 0.25) is 0 Å². The lowest BCUT2D eigenvalue weighted by Crippen LogP contribution is -2.08. The van der Waals surface area contributed by atoms with Crippen molar-refractivity contribution in [3.05, 3.63) is 36.5 Å². The van der Waals surface area contributed by atoms with Crippen molar-refractivity contribution in [3.8, 4) is 0 Å². The quantitative estimate of drug-likeness (QED) is 0.465. The second-order valence-corrected chi connectivity index (χ2v) is 2.59. The van der Waals surface area contributed by atoms with E-state index >= 15 is 0 Å². The van der Waals surface area contributed by atoms with E-state index in [9.17, 15) is 13.2 Å². The van der Waals surface area contributed by atoms with Crippen molar-refractivity contribution in [3.63, 3.8) is 0 Å². The van der Waals surface area contributed by atoms with Crippen molar-refractivity contribution in [2.24, 2.45) is 0 Å². The van der Waals surface area contributed by atoms with Crippen LogP contribution in [-0.2, 0) is 0 Å². The highest BCUT2D eigenvalue weighted by molar-refractivity contribution is 5.20. The normalized spacial score (nSPS) is 10.7. The van der Waals surface area contributed by atoms with Crippen LogP contribution >= 0.6 is 0 Å². The van der Waals surface area contributed by atoms with Gasteiger partial charge in [0, 0.05) is 5.57 Å². The predicted molar refractivity (Wildman–Crippen MR) is 55.1 cm³/mol. The Bertz CT molecular complexity index is 209. The standard InChI is InChI=1S/C9H11F3.C2H6/c1-7(2)5-4-6-8(3)9(10,11)12;1-2/h4,6H,1,3,5H2,2H3;1-2H3/b6-4-;. The van der Waals surface area contributed by atoms with E-state index in [0.29, 0.717) is 6.42 Å². The Morgan fingerprint density at radius 1 is 1.21 bits per heavy atom. The molecule has 0 radical (unpaired) electrons. The van der Waals surface area contributed by atoms with Crippen molar-refractivity contribution in [1.82, 2.24) is 0 Å². The number of allylic oxidation sites excluding steroid dienone is 4. The monoisotopic (exact) mass is 206 g/mol. The zero-order valence-corrected chi connectivity index (χ0v) is 8.91. The Kier molecular flexibility index (Phi) is 8.20. The van der Waals surface area contributed by atoms with Crippen LogP contribution in [0.5, 0.6) is 0 Å². The van der Waals surface area contributed by atoms with Crippen molar-refractivity contribution in [2.75, 3.05) is 0 Å². The average molecular weight is 206 g/mol. The van der Waals surface area contributed by atoms with Crippen LogP contribution in [0, 0.1) is 0 Å². The molecule has 0 nitrogen and oxygen atoms in total. The van der Waals surface area contributed by atoms with Gasteiger partial charge in [-0.15, -0.1) is 0 Å². The lowest BCUT2D eigenvalue weighted by Gasteiger charge is -2.04. The van der Waals surface area contributed by atoms with Crippen molar-refractivity contribution in [2.45, 2.75) is 33.4 Å². The second-order valence-electron chi connectivity index (χ2n) is 2.59. The van der Waals surface area contributed by atoms with E-state index in [4.69, 9.17) is 0 Å². The maximum Gasteiger partial charge on any atom is 0.415 e. The third-order valence-electron chi connectivity index (χ3n) is 1.15. The van der Waals surface area contributed by atoms with E-state index in [2.05, 4.69) is 13.2 Å².